The highest BCUT2D eigenvalue weighted by atomic mass is 32.2. The van der Waals surface area contributed by atoms with Crippen LogP contribution in [0.2, 0.25) is 0 Å². The molecule has 0 aromatic rings. The summed E-state index contributed by atoms with van der Waals surface area (Å²) >= 11 is 1.63. The first-order chi connectivity index (χ1) is 8.38. The number of amides is 2. The molecule has 0 aromatic carbocycles. The molecule has 6 heteroatoms. The Morgan fingerprint density at radius 3 is 2.56 bits per heavy atom. The van der Waals surface area contributed by atoms with E-state index >= 15 is 0 Å². The third kappa shape index (κ3) is 3.88. The van der Waals surface area contributed by atoms with E-state index in [0.717, 1.165) is 6.54 Å². The van der Waals surface area contributed by atoms with Crippen LogP contribution in [0.3, 0.4) is 0 Å². The number of hydrogen-bond donors (Lipinski definition) is 2. The topological polar surface area (TPSA) is 61.4 Å². The fourth-order valence-electron chi connectivity index (χ4n) is 1.72. The van der Waals surface area contributed by atoms with E-state index in [4.69, 9.17) is 0 Å². The molecule has 0 spiro atoms. The average molecular weight is 273 g/mol. The Morgan fingerprint density at radius 1 is 1.33 bits per heavy atom. The van der Waals surface area contributed by atoms with Gasteiger partial charge in [-0.2, -0.15) is 0 Å². The van der Waals surface area contributed by atoms with Crippen LogP contribution in [0.4, 0.5) is 0 Å². The molecule has 0 aliphatic carbocycles. The van der Waals surface area contributed by atoms with Crippen molar-refractivity contribution in [1.82, 2.24) is 15.5 Å². The van der Waals surface area contributed by atoms with Gasteiger partial charge in [0.1, 0.15) is 6.04 Å². The van der Waals surface area contributed by atoms with Crippen LogP contribution in [0.25, 0.3) is 0 Å². The number of hydrogen-bond acceptors (Lipinski definition) is 4. The second kappa shape index (κ2) is 6.43. The summed E-state index contributed by atoms with van der Waals surface area (Å²) in [6.45, 7) is 6.98. The molecule has 1 unspecified atom stereocenters. The smallest absolute Gasteiger partial charge is 0.243 e. The van der Waals surface area contributed by atoms with Crippen molar-refractivity contribution in [3.05, 3.63) is 0 Å². The molecule has 18 heavy (non-hydrogen) atoms. The minimum absolute atomic E-state index is 0.0428. The number of nitrogens with zero attached hydrogens (tertiary/aromatic N) is 1. The molecule has 1 rings (SSSR count). The van der Waals surface area contributed by atoms with Crippen LogP contribution in [0, 0.1) is 5.41 Å². The van der Waals surface area contributed by atoms with Crippen molar-refractivity contribution in [2.24, 2.45) is 5.41 Å². The van der Waals surface area contributed by atoms with Gasteiger partial charge in [-0.1, -0.05) is 20.8 Å². The van der Waals surface area contributed by atoms with Crippen LogP contribution < -0.4 is 10.6 Å². The number of nitrogens with one attached hydrogen (secondary N) is 2. The van der Waals surface area contributed by atoms with E-state index in [1.165, 1.54) is 0 Å². The normalized spacial score (nSPS) is 20.0. The maximum absolute atomic E-state index is 12.2. The molecule has 1 heterocycles. The molecule has 1 aliphatic rings. The van der Waals surface area contributed by atoms with E-state index in [9.17, 15) is 9.59 Å². The molecule has 0 radical (unpaired) electrons. The van der Waals surface area contributed by atoms with Gasteiger partial charge in [0.15, 0.2) is 0 Å². The minimum Gasteiger partial charge on any atom is -0.353 e. The van der Waals surface area contributed by atoms with Crippen LogP contribution in [-0.4, -0.2) is 54.5 Å². The molecular formula is C12H23N3O2S. The van der Waals surface area contributed by atoms with Gasteiger partial charge in [-0.25, -0.2) is 0 Å². The molecule has 5 nitrogen and oxygen atoms in total. The van der Waals surface area contributed by atoms with Crippen LogP contribution >= 0.6 is 11.8 Å². The molecule has 104 valence electrons. The highest BCUT2D eigenvalue weighted by Gasteiger charge is 2.38. The zero-order valence-electron chi connectivity index (χ0n) is 11.6. The first-order valence-corrected chi connectivity index (χ1v) is 7.34. The quantitative estimate of drug-likeness (QED) is 0.722. The number of carbonyl (C=O) groups is 2. The zero-order valence-corrected chi connectivity index (χ0v) is 12.4. The summed E-state index contributed by atoms with van der Waals surface area (Å²) in [6, 6.07) is -0.321. The first-order valence-electron chi connectivity index (χ1n) is 6.19. The van der Waals surface area contributed by atoms with Gasteiger partial charge in [-0.15, -0.1) is 11.8 Å². The van der Waals surface area contributed by atoms with Gasteiger partial charge in [0.2, 0.25) is 11.8 Å². The highest BCUT2D eigenvalue weighted by Crippen LogP contribution is 2.27. The van der Waals surface area contributed by atoms with Crippen LogP contribution in [0.5, 0.6) is 0 Å². The maximum Gasteiger partial charge on any atom is 0.243 e. The number of carbonyl (C=O) groups excluding carboxylic acids is 2. The molecule has 1 fully saturated rings. The summed E-state index contributed by atoms with van der Waals surface area (Å²) in [4.78, 5) is 25.9. The fourth-order valence-corrected chi connectivity index (χ4v) is 2.87. The van der Waals surface area contributed by atoms with Gasteiger partial charge in [-0.3, -0.25) is 9.59 Å². The summed E-state index contributed by atoms with van der Waals surface area (Å²) in [5, 5.41) is 5.82. The van der Waals surface area contributed by atoms with Crippen molar-refractivity contribution in [1.29, 1.82) is 0 Å². The number of rotatable bonds is 4. The van der Waals surface area contributed by atoms with E-state index in [-0.39, 0.29) is 17.9 Å². The van der Waals surface area contributed by atoms with Crippen LogP contribution in [0.15, 0.2) is 0 Å². The van der Waals surface area contributed by atoms with Gasteiger partial charge in [0.25, 0.3) is 0 Å². The lowest BCUT2D eigenvalue weighted by Gasteiger charge is -2.29. The van der Waals surface area contributed by atoms with Gasteiger partial charge >= 0.3 is 0 Å². The predicted molar refractivity (Wildman–Crippen MR) is 74.4 cm³/mol. The van der Waals surface area contributed by atoms with Crippen LogP contribution in [-0.2, 0) is 9.59 Å². The van der Waals surface area contributed by atoms with Gasteiger partial charge in [-0.05, 0) is 7.05 Å². The molecule has 2 N–H and O–H groups in total. The molecule has 1 saturated heterocycles. The lowest BCUT2D eigenvalue weighted by Crippen LogP contribution is -2.51. The Bertz CT molecular complexity index is 315. The SMILES string of the molecule is CNCCNC(=O)C1CSCN1C(=O)C(C)(C)C. The number of thioether (sulfide) groups is 1. The third-order valence-electron chi connectivity index (χ3n) is 2.76. The fraction of sp³-hybridized carbons (Fsp3) is 0.833. The monoisotopic (exact) mass is 273 g/mol. The summed E-state index contributed by atoms with van der Waals surface area (Å²) in [7, 11) is 1.84. The van der Waals surface area contributed by atoms with Crippen molar-refractivity contribution < 1.29 is 9.59 Å². The summed E-state index contributed by atoms with van der Waals surface area (Å²) in [5.74, 6) is 1.29. The minimum atomic E-state index is -0.436. The van der Waals surface area contributed by atoms with Crippen molar-refractivity contribution in [2.75, 3.05) is 31.8 Å². The van der Waals surface area contributed by atoms with E-state index in [2.05, 4.69) is 10.6 Å². The molecule has 0 saturated carbocycles. The molecule has 0 aromatic heterocycles. The predicted octanol–water partition coefficient (Wildman–Crippen LogP) is 0.270. The van der Waals surface area contributed by atoms with Gasteiger partial charge in [0.05, 0.1) is 5.88 Å². The molecule has 1 atom stereocenters. The second-order valence-corrected chi connectivity index (χ2v) is 6.43. The van der Waals surface area contributed by atoms with Crippen molar-refractivity contribution >= 4 is 23.6 Å². The van der Waals surface area contributed by atoms with E-state index in [1.807, 2.05) is 27.8 Å². The van der Waals surface area contributed by atoms with Crippen LogP contribution in [0.1, 0.15) is 20.8 Å². The summed E-state index contributed by atoms with van der Waals surface area (Å²) in [5.41, 5.74) is -0.436. The second-order valence-electron chi connectivity index (χ2n) is 5.44. The largest absolute Gasteiger partial charge is 0.353 e. The Hall–Kier alpha value is -0.750. The lowest BCUT2D eigenvalue weighted by molar-refractivity contribution is -0.144. The first kappa shape index (κ1) is 15.3. The van der Waals surface area contributed by atoms with E-state index in [0.29, 0.717) is 18.2 Å². The Kier molecular flexibility index (Phi) is 5.47. The summed E-state index contributed by atoms with van der Waals surface area (Å²) in [6.07, 6.45) is 0. The lowest BCUT2D eigenvalue weighted by atomic mass is 9.94. The van der Waals surface area contributed by atoms with E-state index < -0.39 is 5.41 Å². The molecule has 0 bridgehead atoms. The average Bonchev–Trinajstić information content (AvgIpc) is 2.75. The molecular weight excluding hydrogens is 250 g/mol. The maximum atomic E-state index is 12.2. The highest BCUT2D eigenvalue weighted by molar-refractivity contribution is 7.99. The Morgan fingerprint density at radius 2 is 2.00 bits per heavy atom. The van der Waals surface area contributed by atoms with Gasteiger partial charge < -0.3 is 15.5 Å². The zero-order chi connectivity index (χ0) is 13.8. The van der Waals surface area contributed by atoms with Crippen molar-refractivity contribution in [3.8, 4) is 0 Å². The standard InChI is InChI=1S/C12H23N3O2S/c1-12(2,3)11(17)15-8-18-7-9(15)10(16)14-6-5-13-4/h9,13H,5-8H2,1-4H3,(H,14,16). The van der Waals surface area contributed by atoms with Crippen molar-refractivity contribution in [3.63, 3.8) is 0 Å². The van der Waals surface area contributed by atoms with Crippen molar-refractivity contribution in [2.45, 2.75) is 26.8 Å². The number of likely N-dealkylation sites (N-methyl/N-ethyl adjacent to an activating group) is 1. The summed E-state index contributed by atoms with van der Waals surface area (Å²) < 4.78 is 0. The Balaban J connectivity index is 2.59. The molecule has 2 amide bonds. The third-order valence-corrected chi connectivity index (χ3v) is 3.77. The Labute approximate surface area is 113 Å². The van der Waals surface area contributed by atoms with Gasteiger partial charge in [0, 0.05) is 24.3 Å². The van der Waals surface area contributed by atoms with E-state index in [1.54, 1.807) is 16.7 Å². The molecule has 1 aliphatic heterocycles.